The summed E-state index contributed by atoms with van der Waals surface area (Å²) in [5, 5.41) is 10.8. The normalized spacial score (nSPS) is 13.4. The molecule has 0 aliphatic heterocycles. The third-order valence-electron chi connectivity index (χ3n) is 4.40. The van der Waals surface area contributed by atoms with E-state index in [2.05, 4.69) is 18.2 Å². The van der Waals surface area contributed by atoms with E-state index in [4.69, 9.17) is 21.1 Å². The summed E-state index contributed by atoms with van der Waals surface area (Å²) >= 11 is 6.43. The van der Waals surface area contributed by atoms with Gasteiger partial charge in [0, 0.05) is 18.1 Å². The van der Waals surface area contributed by atoms with E-state index < -0.39 is 0 Å². The molecule has 142 valence electrons. The molecular weight excluding hydrogens is 348 g/mol. The molecule has 3 nitrogen and oxygen atoms in total. The van der Waals surface area contributed by atoms with E-state index in [1.54, 1.807) is 0 Å². The third kappa shape index (κ3) is 6.01. The summed E-state index contributed by atoms with van der Waals surface area (Å²) in [4.78, 5) is 0. The number of halogens is 1. The highest BCUT2D eigenvalue weighted by molar-refractivity contribution is 6.31. The van der Waals surface area contributed by atoms with Crippen LogP contribution in [-0.4, -0.2) is 24.4 Å². The highest BCUT2D eigenvalue weighted by Gasteiger charge is 2.17. The van der Waals surface area contributed by atoms with Crippen LogP contribution in [0.3, 0.4) is 0 Å². The van der Waals surface area contributed by atoms with E-state index in [9.17, 15) is 5.11 Å². The molecule has 0 aliphatic rings. The van der Waals surface area contributed by atoms with Crippen molar-refractivity contribution in [2.24, 2.45) is 0 Å². The molecule has 0 bridgehead atoms. The van der Waals surface area contributed by atoms with Gasteiger partial charge in [-0.15, -0.1) is 0 Å². The fraction of sp³-hybridized carbons (Fsp3) is 0.455. The van der Waals surface area contributed by atoms with Crippen molar-refractivity contribution in [3.63, 3.8) is 0 Å². The van der Waals surface area contributed by atoms with Gasteiger partial charge >= 0.3 is 0 Å². The van der Waals surface area contributed by atoms with E-state index in [0.29, 0.717) is 19.6 Å². The van der Waals surface area contributed by atoms with Crippen LogP contribution in [0.1, 0.15) is 56.4 Å². The van der Waals surface area contributed by atoms with Gasteiger partial charge in [0.15, 0.2) is 0 Å². The maximum absolute atomic E-state index is 10.0. The molecule has 0 unspecified atom stereocenters. The molecule has 0 heterocycles. The molecule has 0 fully saturated rings. The second-order valence-electron chi connectivity index (χ2n) is 6.35. The molecule has 1 N–H and O–H groups in total. The second-order valence-corrected chi connectivity index (χ2v) is 6.75. The predicted octanol–water partition coefficient (Wildman–Crippen LogP) is 5.57. The van der Waals surface area contributed by atoms with Gasteiger partial charge in [0.2, 0.25) is 0 Å². The first-order valence-electron chi connectivity index (χ1n) is 9.37. The molecule has 2 aromatic carbocycles. The Kier molecular flexibility index (Phi) is 8.43. The van der Waals surface area contributed by atoms with E-state index in [0.717, 1.165) is 34.7 Å². The minimum Gasteiger partial charge on any atom is -0.494 e. The van der Waals surface area contributed by atoms with Crippen LogP contribution in [0.5, 0.6) is 5.75 Å². The average molecular weight is 377 g/mol. The Morgan fingerprint density at radius 2 is 1.73 bits per heavy atom. The summed E-state index contributed by atoms with van der Waals surface area (Å²) in [7, 11) is 0. The lowest BCUT2D eigenvalue weighted by molar-refractivity contribution is 0.0179. The van der Waals surface area contributed by atoms with E-state index in [1.165, 1.54) is 5.56 Å². The first kappa shape index (κ1) is 20.8. The topological polar surface area (TPSA) is 38.7 Å². The smallest absolute Gasteiger partial charge is 0.119 e. The van der Waals surface area contributed by atoms with Gasteiger partial charge in [0.25, 0.3) is 0 Å². The molecule has 0 amide bonds. The fourth-order valence-electron chi connectivity index (χ4n) is 2.94. The van der Waals surface area contributed by atoms with Crippen molar-refractivity contribution < 1.29 is 14.6 Å². The Morgan fingerprint density at radius 1 is 1.00 bits per heavy atom. The number of aliphatic hydroxyl groups excluding tert-OH is 1. The molecule has 0 aliphatic carbocycles. The highest BCUT2D eigenvalue weighted by Crippen LogP contribution is 2.29. The Hall–Kier alpha value is -1.55. The van der Waals surface area contributed by atoms with Crippen LogP contribution in [0, 0.1) is 0 Å². The maximum Gasteiger partial charge on any atom is 0.119 e. The van der Waals surface area contributed by atoms with Gasteiger partial charge in [0.1, 0.15) is 5.75 Å². The van der Waals surface area contributed by atoms with Crippen LogP contribution >= 0.6 is 11.6 Å². The summed E-state index contributed by atoms with van der Waals surface area (Å²) < 4.78 is 11.4. The molecule has 2 rings (SSSR count). The van der Waals surface area contributed by atoms with Gasteiger partial charge in [0.05, 0.1) is 18.8 Å². The molecular formula is C22H29ClO3. The van der Waals surface area contributed by atoms with Gasteiger partial charge in [-0.25, -0.2) is 0 Å². The predicted molar refractivity (Wildman–Crippen MR) is 107 cm³/mol. The number of hydrogen-bond donors (Lipinski definition) is 1. The van der Waals surface area contributed by atoms with E-state index in [1.807, 2.05) is 45.0 Å². The number of aliphatic hydroxyl groups is 1. The zero-order chi connectivity index (χ0) is 18.9. The molecule has 0 saturated carbocycles. The summed E-state index contributed by atoms with van der Waals surface area (Å²) in [6, 6.07) is 14.1. The zero-order valence-corrected chi connectivity index (χ0v) is 16.6. The van der Waals surface area contributed by atoms with E-state index in [-0.39, 0.29) is 12.2 Å². The van der Waals surface area contributed by atoms with Gasteiger partial charge in [-0.1, -0.05) is 42.8 Å². The monoisotopic (exact) mass is 376 g/mol. The van der Waals surface area contributed by atoms with Crippen molar-refractivity contribution >= 4 is 11.6 Å². The molecule has 2 atom stereocenters. The molecule has 0 radical (unpaired) electrons. The third-order valence-corrected chi connectivity index (χ3v) is 4.76. The van der Waals surface area contributed by atoms with Crippen molar-refractivity contribution in [3.8, 4) is 5.75 Å². The molecule has 4 heteroatoms. The van der Waals surface area contributed by atoms with Crippen LogP contribution in [-0.2, 0) is 11.2 Å². The fourth-order valence-corrected chi connectivity index (χ4v) is 3.12. The summed E-state index contributed by atoms with van der Waals surface area (Å²) in [6.07, 6.45) is 1.57. The van der Waals surface area contributed by atoms with Crippen LogP contribution in [0.4, 0.5) is 0 Å². The Bertz CT molecular complexity index is 670. The van der Waals surface area contributed by atoms with Gasteiger partial charge in [-0.05, 0) is 61.6 Å². The standard InChI is InChI=1S/C22H29ClO3/c1-4-19(24)15-22(26-6-3)17-9-12-21(23)18(14-17)13-16-7-10-20(11-8-16)25-5-2/h7-12,14,19,22,24H,4-6,13,15H2,1-3H3/t19-,22+/m0/s1. The lowest BCUT2D eigenvalue weighted by Gasteiger charge is -2.21. The van der Waals surface area contributed by atoms with Crippen molar-refractivity contribution in [2.75, 3.05) is 13.2 Å². The molecule has 0 saturated heterocycles. The zero-order valence-electron chi connectivity index (χ0n) is 15.9. The number of hydrogen-bond acceptors (Lipinski definition) is 3. The lowest BCUT2D eigenvalue weighted by Crippen LogP contribution is -2.14. The largest absolute Gasteiger partial charge is 0.494 e. The van der Waals surface area contributed by atoms with Crippen LogP contribution < -0.4 is 4.74 Å². The minimum atomic E-state index is -0.364. The summed E-state index contributed by atoms with van der Waals surface area (Å²) in [6.45, 7) is 7.20. The highest BCUT2D eigenvalue weighted by atomic mass is 35.5. The Labute approximate surface area is 161 Å². The Morgan fingerprint density at radius 3 is 2.35 bits per heavy atom. The van der Waals surface area contributed by atoms with Crippen molar-refractivity contribution in [2.45, 2.75) is 52.2 Å². The lowest BCUT2D eigenvalue weighted by atomic mass is 9.97. The number of ether oxygens (including phenoxy) is 2. The minimum absolute atomic E-state index is 0.119. The molecule has 26 heavy (non-hydrogen) atoms. The SMILES string of the molecule is CCOc1ccc(Cc2cc([C@@H](C[C@@H](O)CC)OCC)ccc2Cl)cc1. The molecule has 2 aromatic rings. The summed E-state index contributed by atoms with van der Waals surface area (Å²) in [5.41, 5.74) is 3.29. The first-order chi connectivity index (χ1) is 12.6. The second kappa shape index (κ2) is 10.6. The van der Waals surface area contributed by atoms with E-state index >= 15 is 0 Å². The molecule has 0 aromatic heterocycles. The van der Waals surface area contributed by atoms with Crippen LogP contribution in [0.15, 0.2) is 42.5 Å². The summed E-state index contributed by atoms with van der Waals surface area (Å²) in [5.74, 6) is 0.876. The molecule has 0 spiro atoms. The van der Waals surface area contributed by atoms with Crippen LogP contribution in [0.2, 0.25) is 5.02 Å². The van der Waals surface area contributed by atoms with Crippen LogP contribution in [0.25, 0.3) is 0 Å². The number of benzene rings is 2. The Balaban J connectivity index is 2.19. The van der Waals surface area contributed by atoms with Crippen molar-refractivity contribution in [1.82, 2.24) is 0 Å². The van der Waals surface area contributed by atoms with Gasteiger partial charge in [-0.3, -0.25) is 0 Å². The average Bonchev–Trinajstić information content (AvgIpc) is 2.65. The quantitative estimate of drug-likeness (QED) is 0.589. The number of rotatable bonds is 10. The first-order valence-corrected chi connectivity index (χ1v) is 9.74. The van der Waals surface area contributed by atoms with Gasteiger partial charge < -0.3 is 14.6 Å². The van der Waals surface area contributed by atoms with Crippen molar-refractivity contribution in [1.29, 1.82) is 0 Å². The maximum atomic E-state index is 10.0. The van der Waals surface area contributed by atoms with Gasteiger partial charge in [-0.2, -0.15) is 0 Å². The van der Waals surface area contributed by atoms with Crippen molar-refractivity contribution in [3.05, 3.63) is 64.2 Å².